The summed E-state index contributed by atoms with van der Waals surface area (Å²) in [6, 6.07) is 20.2. The molecule has 0 aliphatic rings. The smallest absolute Gasteiger partial charge is 0.140 e. The minimum Gasteiger partial charge on any atom is -0.299 e. The molecule has 0 amide bonds. The molecule has 110 valence electrons. The SMILES string of the molecule is CC(=O)CSc1ccccc1.CC(=S)Cc1ccccc1. The highest BCUT2D eigenvalue weighted by Gasteiger charge is 1.94. The molecule has 3 heteroatoms. The predicted molar refractivity (Wildman–Crippen MR) is 96.3 cm³/mol. The number of rotatable bonds is 5. The van der Waals surface area contributed by atoms with E-state index in [1.165, 1.54) is 5.56 Å². The van der Waals surface area contributed by atoms with Crippen molar-refractivity contribution in [1.29, 1.82) is 0 Å². The largest absolute Gasteiger partial charge is 0.299 e. The molecule has 2 aromatic rings. The van der Waals surface area contributed by atoms with Crippen molar-refractivity contribution in [3.8, 4) is 0 Å². The van der Waals surface area contributed by atoms with Gasteiger partial charge in [-0.05, 0) is 36.4 Å². The standard InChI is InChI=1S/C9H10OS.C9H10S/c1-8(10)7-11-9-5-3-2-4-6-9;1-8(10)7-9-5-3-2-4-6-9/h2-6H,7H2,1H3;2-6H,7H2,1H3. The molecule has 0 fully saturated rings. The molecule has 0 heterocycles. The molecule has 0 aliphatic carbocycles. The fourth-order valence-corrected chi connectivity index (χ4v) is 2.47. The van der Waals surface area contributed by atoms with E-state index < -0.39 is 0 Å². The van der Waals surface area contributed by atoms with Gasteiger partial charge < -0.3 is 0 Å². The first-order valence-electron chi connectivity index (χ1n) is 6.78. The van der Waals surface area contributed by atoms with Crippen molar-refractivity contribution in [2.75, 3.05) is 5.75 Å². The van der Waals surface area contributed by atoms with Crippen LogP contribution >= 0.6 is 24.0 Å². The zero-order valence-corrected chi connectivity index (χ0v) is 14.0. The second-order valence-corrected chi connectivity index (χ2v) is 6.41. The Labute approximate surface area is 136 Å². The van der Waals surface area contributed by atoms with Crippen LogP contribution in [-0.4, -0.2) is 16.4 Å². The third-order valence-corrected chi connectivity index (χ3v) is 3.78. The van der Waals surface area contributed by atoms with Crippen LogP contribution < -0.4 is 0 Å². The molecule has 0 spiro atoms. The van der Waals surface area contributed by atoms with Gasteiger partial charge in [0, 0.05) is 11.3 Å². The third-order valence-electron chi connectivity index (χ3n) is 2.48. The summed E-state index contributed by atoms with van der Waals surface area (Å²) in [5.41, 5.74) is 1.30. The van der Waals surface area contributed by atoms with E-state index in [0.717, 1.165) is 16.2 Å². The average molecular weight is 316 g/mol. The Hall–Kier alpha value is -1.45. The quantitative estimate of drug-likeness (QED) is 0.571. The Morgan fingerprint density at radius 3 is 1.95 bits per heavy atom. The van der Waals surface area contributed by atoms with Crippen LogP contribution in [0, 0.1) is 0 Å². The van der Waals surface area contributed by atoms with Gasteiger partial charge in [-0.15, -0.1) is 11.8 Å². The van der Waals surface area contributed by atoms with Crippen LogP contribution in [0.25, 0.3) is 0 Å². The maximum atomic E-state index is 10.6. The molecule has 0 radical (unpaired) electrons. The Bertz CT molecular complexity index is 550. The van der Waals surface area contributed by atoms with Gasteiger partial charge in [-0.1, -0.05) is 60.7 Å². The molecule has 0 bridgehead atoms. The summed E-state index contributed by atoms with van der Waals surface area (Å²) in [5.74, 6) is 0.795. The lowest BCUT2D eigenvalue weighted by Crippen LogP contribution is -1.92. The molecule has 2 rings (SSSR count). The topological polar surface area (TPSA) is 17.1 Å². The molecule has 0 saturated carbocycles. The molecule has 21 heavy (non-hydrogen) atoms. The number of thioether (sulfide) groups is 1. The van der Waals surface area contributed by atoms with Crippen molar-refractivity contribution < 1.29 is 4.79 Å². The molecule has 0 saturated heterocycles. The van der Waals surface area contributed by atoms with Crippen molar-refractivity contribution in [2.24, 2.45) is 0 Å². The van der Waals surface area contributed by atoms with E-state index in [1.807, 2.05) is 55.5 Å². The van der Waals surface area contributed by atoms with Crippen LogP contribution in [0.15, 0.2) is 65.6 Å². The first-order valence-corrected chi connectivity index (χ1v) is 8.18. The Morgan fingerprint density at radius 1 is 0.952 bits per heavy atom. The monoisotopic (exact) mass is 316 g/mol. The van der Waals surface area contributed by atoms with Gasteiger partial charge in [-0.25, -0.2) is 0 Å². The van der Waals surface area contributed by atoms with Gasteiger partial charge in [0.25, 0.3) is 0 Å². The highest BCUT2D eigenvalue weighted by molar-refractivity contribution is 8.00. The summed E-state index contributed by atoms with van der Waals surface area (Å²) in [6.07, 6.45) is 0.927. The number of ketones is 1. The summed E-state index contributed by atoms with van der Waals surface area (Å²) in [6.45, 7) is 3.58. The van der Waals surface area contributed by atoms with Gasteiger partial charge in [0.05, 0.1) is 5.75 Å². The molecule has 0 aromatic heterocycles. The molecule has 0 aliphatic heterocycles. The number of carbonyl (C=O) groups excluding carboxylic acids is 1. The van der Waals surface area contributed by atoms with Crippen molar-refractivity contribution >= 4 is 34.6 Å². The lowest BCUT2D eigenvalue weighted by atomic mass is 10.1. The normalized spacial score (nSPS) is 9.43. The van der Waals surface area contributed by atoms with Crippen LogP contribution in [0.1, 0.15) is 19.4 Å². The molecule has 0 unspecified atom stereocenters. The van der Waals surface area contributed by atoms with E-state index >= 15 is 0 Å². The Kier molecular flexibility index (Phi) is 8.63. The summed E-state index contributed by atoms with van der Waals surface area (Å²) in [7, 11) is 0. The van der Waals surface area contributed by atoms with Crippen LogP contribution in [0.4, 0.5) is 0 Å². The Balaban J connectivity index is 0.000000211. The molecule has 0 N–H and O–H groups in total. The van der Waals surface area contributed by atoms with Gasteiger partial charge in [0.15, 0.2) is 0 Å². The maximum absolute atomic E-state index is 10.6. The van der Waals surface area contributed by atoms with Crippen molar-refractivity contribution in [1.82, 2.24) is 0 Å². The molecular weight excluding hydrogens is 296 g/mol. The highest BCUT2D eigenvalue weighted by atomic mass is 32.2. The van der Waals surface area contributed by atoms with Crippen LogP contribution in [0.5, 0.6) is 0 Å². The van der Waals surface area contributed by atoms with Gasteiger partial charge >= 0.3 is 0 Å². The minimum atomic E-state index is 0.221. The number of carbonyl (C=O) groups is 1. The number of hydrogen-bond acceptors (Lipinski definition) is 3. The Morgan fingerprint density at radius 2 is 1.48 bits per heavy atom. The fourth-order valence-electron chi connectivity index (χ4n) is 1.59. The second kappa shape index (κ2) is 10.3. The summed E-state index contributed by atoms with van der Waals surface area (Å²) >= 11 is 6.56. The number of Topliss-reactive ketones (excluding diaryl/α,β-unsaturated/α-hetero) is 1. The minimum absolute atomic E-state index is 0.221. The van der Waals surface area contributed by atoms with Crippen molar-refractivity contribution in [3.05, 3.63) is 66.2 Å². The van der Waals surface area contributed by atoms with Gasteiger partial charge in [-0.3, -0.25) is 4.79 Å². The highest BCUT2D eigenvalue weighted by Crippen LogP contribution is 2.16. The molecule has 1 nitrogen and oxygen atoms in total. The zero-order chi connectivity index (χ0) is 15.5. The summed E-state index contributed by atoms with van der Waals surface area (Å²) in [5, 5.41) is 0. The molecule has 0 atom stereocenters. The zero-order valence-electron chi connectivity index (χ0n) is 12.4. The molecule has 2 aromatic carbocycles. The first kappa shape index (κ1) is 17.6. The van der Waals surface area contributed by atoms with Crippen LogP contribution in [0.2, 0.25) is 0 Å². The van der Waals surface area contributed by atoms with Crippen molar-refractivity contribution in [2.45, 2.75) is 25.2 Å². The third kappa shape index (κ3) is 9.16. The van der Waals surface area contributed by atoms with Gasteiger partial charge in [-0.2, -0.15) is 0 Å². The van der Waals surface area contributed by atoms with E-state index in [-0.39, 0.29) is 5.78 Å². The van der Waals surface area contributed by atoms with E-state index in [9.17, 15) is 4.79 Å². The maximum Gasteiger partial charge on any atom is 0.140 e. The number of benzene rings is 2. The van der Waals surface area contributed by atoms with E-state index in [4.69, 9.17) is 12.2 Å². The summed E-state index contributed by atoms with van der Waals surface area (Å²) in [4.78, 5) is 12.8. The van der Waals surface area contributed by atoms with Crippen molar-refractivity contribution in [3.63, 3.8) is 0 Å². The van der Waals surface area contributed by atoms with Gasteiger partial charge in [0.1, 0.15) is 5.78 Å². The average Bonchev–Trinajstić information content (AvgIpc) is 2.47. The first-order chi connectivity index (χ1) is 10.1. The lowest BCUT2D eigenvalue weighted by Gasteiger charge is -1.95. The summed E-state index contributed by atoms with van der Waals surface area (Å²) < 4.78 is 0. The second-order valence-electron chi connectivity index (χ2n) is 4.67. The number of thiocarbonyl (C=S) groups is 1. The van der Waals surface area contributed by atoms with E-state index in [1.54, 1.807) is 18.7 Å². The van der Waals surface area contributed by atoms with Crippen LogP contribution in [-0.2, 0) is 11.2 Å². The van der Waals surface area contributed by atoms with E-state index in [2.05, 4.69) is 12.1 Å². The fraction of sp³-hybridized carbons (Fsp3) is 0.222. The van der Waals surface area contributed by atoms with E-state index in [0.29, 0.717) is 5.75 Å². The lowest BCUT2D eigenvalue weighted by molar-refractivity contribution is -0.114. The predicted octanol–water partition coefficient (Wildman–Crippen LogP) is 4.99. The van der Waals surface area contributed by atoms with Gasteiger partial charge in [0.2, 0.25) is 0 Å². The van der Waals surface area contributed by atoms with Crippen LogP contribution in [0.3, 0.4) is 0 Å². The number of hydrogen-bond donors (Lipinski definition) is 0. The molecular formula is C18H20OS2.